The first-order chi connectivity index (χ1) is 13.4. The Kier molecular flexibility index (Phi) is 8.85. The van der Waals surface area contributed by atoms with E-state index in [1.54, 1.807) is 13.2 Å². The quantitative estimate of drug-likeness (QED) is 0.349. The van der Waals surface area contributed by atoms with E-state index in [0.717, 1.165) is 28.2 Å². The molecular weight excluding hydrogens is 446 g/mol. The Bertz CT molecular complexity index is 752. The van der Waals surface area contributed by atoms with Gasteiger partial charge in [0.1, 0.15) is 0 Å². The molecule has 0 aliphatic carbocycles. The lowest BCUT2D eigenvalue weighted by Gasteiger charge is -2.18. The number of carbonyl (C=O) groups is 2. The van der Waals surface area contributed by atoms with Gasteiger partial charge in [-0.25, -0.2) is 0 Å². The highest BCUT2D eigenvalue weighted by molar-refractivity contribution is 9.10. The summed E-state index contributed by atoms with van der Waals surface area (Å²) in [6.07, 6.45) is 3.24. The Morgan fingerprint density at radius 2 is 2.04 bits per heavy atom. The van der Waals surface area contributed by atoms with Crippen LogP contribution in [0.4, 0.5) is 4.79 Å². The molecule has 0 bridgehead atoms. The predicted octanol–water partition coefficient (Wildman–Crippen LogP) is 5.10. The molecule has 0 radical (unpaired) electrons. The van der Waals surface area contributed by atoms with Crippen LogP contribution in [-0.4, -0.2) is 49.0 Å². The summed E-state index contributed by atoms with van der Waals surface area (Å²) >= 11 is 4.49. The molecule has 0 spiro atoms. The fraction of sp³-hybridized carbons (Fsp3) is 0.500. The maximum absolute atomic E-state index is 12.6. The summed E-state index contributed by atoms with van der Waals surface area (Å²) in [5.41, 5.74) is 0.759. The molecule has 0 saturated carbocycles. The molecule has 2 amide bonds. The topological polar surface area (TPSA) is 65.1 Å². The van der Waals surface area contributed by atoms with Gasteiger partial charge in [-0.3, -0.25) is 14.5 Å². The first-order valence-electron chi connectivity index (χ1n) is 9.28. The number of methoxy groups -OCH3 is 1. The van der Waals surface area contributed by atoms with E-state index >= 15 is 0 Å². The van der Waals surface area contributed by atoms with Gasteiger partial charge < -0.3 is 14.2 Å². The number of carbonyl (C=O) groups excluding carboxylic acids is 2. The second-order valence-electron chi connectivity index (χ2n) is 6.28. The van der Waals surface area contributed by atoms with E-state index in [4.69, 9.17) is 14.2 Å². The van der Waals surface area contributed by atoms with E-state index in [0.29, 0.717) is 42.6 Å². The van der Waals surface area contributed by atoms with Gasteiger partial charge in [0.05, 0.1) is 22.1 Å². The van der Waals surface area contributed by atoms with Crippen molar-refractivity contribution in [3.63, 3.8) is 0 Å². The summed E-state index contributed by atoms with van der Waals surface area (Å²) in [7, 11) is 1.59. The van der Waals surface area contributed by atoms with Crippen LogP contribution in [0.25, 0.3) is 6.08 Å². The zero-order valence-corrected chi connectivity index (χ0v) is 19.0. The summed E-state index contributed by atoms with van der Waals surface area (Å²) < 4.78 is 17.4. The van der Waals surface area contributed by atoms with Crippen LogP contribution in [0.2, 0.25) is 0 Å². The predicted molar refractivity (Wildman–Crippen MR) is 115 cm³/mol. The van der Waals surface area contributed by atoms with Gasteiger partial charge in [0, 0.05) is 20.3 Å². The minimum absolute atomic E-state index is 0.0463. The number of amides is 2. The average molecular weight is 472 g/mol. The second kappa shape index (κ2) is 10.9. The van der Waals surface area contributed by atoms with Crippen LogP contribution in [0, 0.1) is 0 Å². The van der Waals surface area contributed by atoms with Gasteiger partial charge in [-0.1, -0.05) is 6.92 Å². The molecular formula is C20H26BrNO5S. The van der Waals surface area contributed by atoms with E-state index in [1.165, 1.54) is 4.90 Å². The van der Waals surface area contributed by atoms with Crippen molar-refractivity contribution in [2.24, 2.45) is 0 Å². The number of ether oxygens (including phenoxy) is 3. The first kappa shape index (κ1) is 22.8. The molecule has 154 valence electrons. The van der Waals surface area contributed by atoms with Gasteiger partial charge in [0.2, 0.25) is 0 Å². The third-order valence-electron chi connectivity index (χ3n) is 4.13. The summed E-state index contributed by atoms with van der Waals surface area (Å²) in [4.78, 5) is 26.4. The second-order valence-corrected chi connectivity index (χ2v) is 8.13. The van der Waals surface area contributed by atoms with Crippen molar-refractivity contribution in [2.75, 3.05) is 26.9 Å². The van der Waals surface area contributed by atoms with E-state index in [1.807, 2.05) is 26.0 Å². The lowest BCUT2D eigenvalue weighted by atomic mass is 10.1. The Balaban J connectivity index is 2.27. The SMILES string of the molecule is CCOc1cc(/C=C2/SC(=O)N(CCCOC)C2=O)cc(Br)c1O[C@H](C)CC. The van der Waals surface area contributed by atoms with Crippen LogP contribution >= 0.6 is 27.7 Å². The molecule has 1 fully saturated rings. The third kappa shape index (κ3) is 5.75. The van der Waals surface area contributed by atoms with Crippen LogP contribution in [0.3, 0.4) is 0 Å². The van der Waals surface area contributed by atoms with Gasteiger partial charge in [-0.05, 0) is 78.2 Å². The fourth-order valence-corrected chi connectivity index (χ4v) is 3.96. The molecule has 1 heterocycles. The van der Waals surface area contributed by atoms with E-state index in [-0.39, 0.29) is 17.3 Å². The molecule has 6 nitrogen and oxygen atoms in total. The van der Waals surface area contributed by atoms with Crippen molar-refractivity contribution in [3.05, 3.63) is 27.1 Å². The molecule has 0 unspecified atom stereocenters. The molecule has 1 aliphatic rings. The van der Waals surface area contributed by atoms with Crippen molar-refractivity contribution >= 4 is 44.9 Å². The molecule has 1 aromatic rings. The first-order valence-corrected chi connectivity index (χ1v) is 10.9. The molecule has 2 rings (SSSR count). The molecule has 1 aliphatic heterocycles. The number of nitrogens with zero attached hydrogens (tertiary/aromatic N) is 1. The maximum Gasteiger partial charge on any atom is 0.293 e. The van der Waals surface area contributed by atoms with Crippen molar-refractivity contribution in [1.29, 1.82) is 0 Å². The minimum atomic E-state index is -0.278. The zero-order valence-electron chi connectivity index (χ0n) is 16.6. The highest BCUT2D eigenvalue weighted by Gasteiger charge is 2.34. The van der Waals surface area contributed by atoms with Gasteiger partial charge in [0.25, 0.3) is 11.1 Å². The van der Waals surface area contributed by atoms with Crippen LogP contribution in [-0.2, 0) is 9.53 Å². The number of hydrogen-bond donors (Lipinski definition) is 0. The van der Waals surface area contributed by atoms with Crippen molar-refractivity contribution in [2.45, 2.75) is 39.7 Å². The summed E-state index contributed by atoms with van der Waals surface area (Å²) in [6.45, 7) is 7.29. The smallest absolute Gasteiger partial charge is 0.293 e. The Hall–Kier alpha value is -1.51. The molecule has 8 heteroatoms. The third-order valence-corrected chi connectivity index (χ3v) is 5.62. The van der Waals surface area contributed by atoms with Gasteiger partial charge in [-0.15, -0.1) is 0 Å². The summed E-state index contributed by atoms with van der Waals surface area (Å²) in [5, 5.41) is -0.256. The van der Waals surface area contributed by atoms with Gasteiger partial charge in [-0.2, -0.15) is 0 Å². The zero-order chi connectivity index (χ0) is 20.7. The number of rotatable bonds is 10. The molecule has 1 atom stereocenters. The van der Waals surface area contributed by atoms with Crippen molar-refractivity contribution in [3.8, 4) is 11.5 Å². The Morgan fingerprint density at radius 3 is 2.68 bits per heavy atom. The Labute approximate surface area is 178 Å². The normalized spacial score (nSPS) is 16.8. The molecule has 28 heavy (non-hydrogen) atoms. The van der Waals surface area contributed by atoms with Gasteiger partial charge >= 0.3 is 0 Å². The lowest BCUT2D eigenvalue weighted by Crippen LogP contribution is -2.29. The Morgan fingerprint density at radius 1 is 1.29 bits per heavy atom. The van der Waals surface area contributed by atoms with Crippen LogP contribution in [0.15, 0.2) is 21.5 Å². The van der Waals surface area contributed by atoms with E-state index in [9.17, 15) is 9.59 Å². The molecule has 1 saturated heterocycles. The number of hydrogen-bond acceptors (Lipinski definition) is 6. The summed E-state index contributed by atoms with van der Waals surface area (Å²) in [5.74, 6) is 0.962. The van der Waals surface area contributed by atoms with E-state index in [2.05, 4.69) is 22.9 Å². The monoisotopic (exact) mass is 471 g/mol. The number of imide groups is 1. The fourth-order valence-electron chi connectivity index (χ4n) is 2.54. The summed E-state index contributed by atoms with van der Waals surface area (Å²) in [6, 6.07) is 3.68. The van der Waals surface area contributed by atoms with Crippen LogP contribution in [0.1, 0.15) is 39.2 Å². The molecule has 0 aromatic heterocycles. The average Bonchev–Trinajstić information content (AvgIpc) is 2.92. The van der Waals surface area contributed by atoms with Crippen LogP contribution < -0.4 is 9.47 Å². The number of benzene rings is 1. The molecule has 0 N–H and O–H groups in total. The minimum Gasteiger partial charge on any atom is -0.490 e. The standard InChI is InChI=1S/C20H26BrNO5S/c1-5-13(3)27-18-15(21)10-14(11-16(18)26-6-2)12-17-19(23)22(20(24)28-17)8-7-9-25-4/h10-13H,5-9H2,1-4H3/b17-12+/t13-/m1/s1. The lowest BCUT2D eigenvalue weighted by molar-refractivity contribution is -0.122. The highest BCUT2D eigenvalue weighted by atomic mass is 79.9. The van der Waals surface area contributed by atoms with Gasteiger partial charge in [0.15, 0.2) is 11.5 Å². The molecule has 1 aromatic carbocycles. The van der Waals surface area contributed by atoms with Crippen molar-refractivity contribution < 1.29 is 23.8 Å². The number of thioether (sulfide) groups is 1. The van der Waals surface area contributed by atoms with E-state index < -0.39 is 0 Å². The number of halogens is 1. The maximum atomic E-state index is 12.6. The highest BCUT2D eigenvalue weighted by Crippen LogP contribution is 2.40. The van der Waals surface area contributed by atoms with Crippen LogP contribution in [0.5, 0.6) is 11.5 Å². The van der Waals surface area contributed by atoms with Crippen molar-refractivity contribution in [1.82, 2.24) is 4.90 Å². The largest absolute Gasteiger partial charge is 0.490 e.